The van der Waals surface area contributed by atoms with Crippen molar-refractivity contribution < 1.29 is 13.9 Å². The first-order valence-electron chi connectivity index (χ1n) is 12.0. The molecule has 0 saturated carbocycles. The van der Waals surface area contributed by atoms with Gasteiger partial charge in [0, 0.05) is 32.5 Å². The van der Waals surface area contributed by atoms with Gasteiger partial charge in [-0.3, -0.25) is 14.5 Å². The standard InChI is InChI=1S/C27H25Cl2FN6O3/c1-13(2)35-20(17-12-32-27(34(3)4)33-25(17)39-5)10-16-23(35)22(14-6-7-18(29)19(30)8-14)36(26(16)38)21-9-15(28)11-31-24(21)37/h6-13,22H,1-5H3,(H,31,37). The van der Waals surface area contributed by atoms with E-state index in [-0.39, 0.29) is 21.8 Å². The highest BCUT2D eigenvalue weighted by molar-refractivity contribution is 6.31. The number of hydrogen-bond acceptors (Lipinski definition) is 6. The fraction of sp³-hybridized carbons (Fsp3) is 0.259. The summed E-state index contributed by atoms with van der Waals surface area (Å²) in [5, 5.41) is 0.184. The fourth-order valence-corrected chi connectivity index (χ4v) is 5.17. The zero-order chi connectivity index (χ0) is 28.2. The lowest BCUT2D eigenvalue weighted by molar-refractivity contribution is 0.0993. The highest BCUT2D eigenvalue weighted by Crippen LogP contribution is 2.46. The molecule has 1 amide bonds. The van der Waals surface area contributed by atoms with E-state index in [0.717, 1.165) is 0 Å². The number of anilines is 2. The number of halogens is 3. The zero-order valence-electron chi connectivity index (χ0n) is 21.8. The van der Waals surface area contributed by atoms with E-state index in [1.165, 1.54) is 36.4 Å². The molecule has 4 aromatic rings. The van der Waals surface area contributed by atoms with Gasteiger partial charge in [-0.15, -0.1) is 0 Å². The molecular weight excluding hydrogens is 546 g/mol. The van der Waals surface area contributed by atoms with Crippen LogP contribution in [0.3, 0.4) is 0 Å². The number of rotatable bonds is 6. The van der Waals surface area contributed by atoms with E-state index in [4.69, 9.17) is 27.9 Å². The summed E-state index contributed by atoms with van der Waals surface area (Å²) in [4.78, 5) is 41.6. The van der Waals surface area contributed by atoms with E-state index in [9.17, 15) is 14.0 Å². The van der Waals surface area contributed by atoms with Gasteiger partial charge in [0.15, 0.2) is 0 Å². The van der Waals surface area contributed by atoms with E-state index < -0.39 is 23.3 Å². The largest absolute Gasteiger partial charge is 0.480 e. The van der Waals surface area contributed by atoms with Gasteiger partial charge in [0.05, 0.1) is 39.7 Å². The van der Waals surface area contributed by atoms with Gasteiger partial charge >= 0.3 is 0 Å². The molecule has 39 heavy (non-hydrogen) atoms. The van der Waals surface area contributed by atoms with Crippen molar-refractivity contribution in [2.75, 3.05) is 31.0 Å². The second kappa shape index (κ2) is 10.0. The molecule has 4 heterocycles. The van der Waals surface area contributed by atoms with Gasteiger partial charge in [-0.1, -0.05) is 29.3 Å². The van der Waals surface area contributed by atoms with Crippen LogP contribution in [0.1, 0.15) is 47.5 Å². The number of carbonyl (C=O) groups is 1. The molecule has 1 aliphatic heterocycles. The molecule has 1 aromatic carbocycles. The van der Waals surface area contributed by atoms with E-state index >= 15 is 0 Å². The number of fused-ring (bicyclic) bond motifs is 1. The molecule has 1 aliphatic rings. The Kier molecular flexibility index (Phi) is 6.86. The van der Waals surface area contributed by atoms with Crippen molar-refractivity contribution in [1.29, 1.82) is 0 Å². The molecule has 0 bridgehead atoms. The van der Waals surface area contributed by atoms with Crippen LogP contribution in [0.5, 0.6) is 5.88 Å². The molecular formula is C27H25Cl2FN6O3. The van der Waals surface area contributed by atoms with Gasteiger partial charge in [-0.2, -0.15) is 4.98 Å². The van der Waals surface area contributed by atoms with Gasteiger partial charge in [0.2, 0.25) is 11.8 Å². The Morgan fingerprint density at radius 1 is 1.13 bits per heavy atom. The number of ether oxygens (including phenoxy) is 1. The highest BCUT2D eigenvalue weighted by Gasteiger charge is 2.44. The number of methoxy groups -OCH3 is 1. The molecule has 1 unspecified atom stereocenters. The first-order valence-corrected chi connectivity index (χ1v) is 12.8. The van der Waals surface area contributed by atoms with Gasteiger partial charge < -0.3 is 19.2 Å². The average molecular weight is 571 g/mol. The highest BCUT2D eigenvalue weighted by atomic mass is 35.5. The Labute approximate surface area is 233 Å². The van der Waals surface area contributed by atoms with Crippen molar-refractivity contribution in [2.24, 2.45) is 0 Å². The van der Waals surface area contributed by atoms with Crippen molar-refractivity contribution in [1.82, 2.24) is 19.5 Å². The van der Waals surface area contributed by atoms with Crippen LogP contribution in [-0.2, 0) is 0 Å². The fourth-order valence-electron chi connectivity index (χ4n) is 4.89. The number of aromatic nitrogens is 4. The minimum absolute atomic E-state index is 0.0390. The Morgan fingerprint density at radius 2 is 1.87 bits per heavy atom. The van der Waals surface area contributed by atoms with Crippen LogP contribution in [0.15, 0.2) is 47.5 Å². The number of amides is 1. The lowest BCUT2D eigenvalue weighted by Crippen LogP contribution is -2.34. The quantitative estimate of drug-likeness (QED) is 0.329. The molecule has 202 valence electrons. The van der Waals surface area contributed by atoms with Crippen molar-refractivity contribution in [3.05, 3.63) is 85.8 Å². The average Bonchev–Trinajstić information content (AvgIpc) is 3.41. The zero-order valence-corrected chi connectivity index (χ0v) is 23.3. The van der Waals surface area contributed by atoms with Gasteiger partial charge in [-0.25, -0.2) is 9.37 Å². The Morgan fingerprint density at radius 3 is 2.51 bits per heavy atom. The monoisotopic (exact) mass is 570 g/mol. The van der Waals surface area contributed by atoms with Crippen LogP contribution in [0, 0.1) is 5.82 Å². The summed E-state index contributed by atoms with van der Waals surface area (Å²) in [6, 6.07) is 6.46. The molecule has 12 heteroatoms. The van der Waals surface area contributed by atoms with E-state index in [1.807, 2.05) is 32.5 Å². The molecule has 0 saturated heterocycles. The molecule has 1 atom stereocenters. The number of nitrogens with one attached hydrogen (secondary N) is 1. The third kappa shape index (κ3) is 4.43. The molecule has 1 N–H and O–H groups in total. The SMILES string of the molecule is COc1nc(N(C)C)ncc1-c1cc2c(n1C(C)C)C(c1ccc(Cl)c(F)c1)N(c1cc(Cl)c[nH]c1=O)C2=O. The summed E-state index contributed by atoms with van der Waals surface area (Å²) in [7, 11) is 5.15. The summed E-state index contributed by atoms with van der Waals surface area (Å²) in [6.07, 6.45) is 2.99. The maximum Gasteiger partial charge on any atom is 0.272 e. The van der Waals surface area contributed by atoms with Crippen LogP contribution < -0.4 is 20.1 Å². The summed E-state index contributed by atoms with van der Waals surface area (Å²) >= 11 is 12.2. The molecule has 0 radical (unpaired) electrons. The van der Waals surface area contributed by atoms with Gasteiger partial charge in [0.25, 0.3) is 11.5 Å². The lowest BCUT2D eigenvalue weighted by Gasteiger charge is -2.28. The van der Waals surface area contributed by atoms with Gasteiger partial charge in [-0.05, 0) is 43.7 Å². The summed E-state index contributed by atoms with van der Waals surface area (Å²) in [5.41, 5.74) is 2.10. The smallest absolute Gasteiger partial charge is 0.272 e. The number of benzene rings is 1. The number of pyridine rings is 1. The van der Waals surface area contributed by atoms with E-state index in [0.29, 0.717) is 39.9 Å². The van der Waals surface area contributed by atoms with Crippen molar-refractivity contribution in [2.45, 2.75) is 25.9 Å². The van der Waals surface area contributed by atoms with E-state index in [1.54, 1.807) is 23.2 Å². The van der Waals surface area contributed by atoms with Crippen molar-refractivity contribution in [3.63, 3.8) is 0 Å². The summed E-state index contributed by atoms with van der Waals surface area (Å²) < 4.78 is 22.3. The van der Waals surface area contributed by atoms with Crippen molar-refractivity contribution >= 4 is 40.7 Å². The third-order valence-corrected chi connectivity index (χ3v) is 7.06. The molecule has 0 fully saturated rings. The normalized spacial score (nSPS) is 14.7. The summed E-state index contributed by atoms with van der Waals surface area (Å²) in [5.74, 6) is -0.296. The number of carbonyl (C=O) groups excluding carboxylic acids is 1. The van der Waals surface area contributed by atoms with Crippen LogP contribution in [0.2, 0.25) is 10.0 Å². The third-order valence-electron chi connectivity index (χ3n) is 6.54. The van der Waals surface area contributed by atoms with E-state index in [2.05, 4.69) is 15.0 Å². The number of aromatic amines is 1. The minimum atomic E-state index is -0.858. The topological polar surface area (TPSA) is 96.3 Å². The maximum atomic E-state index is 14.7. The predicted octanol–water partition coefficient (Wildman–Crippen LogP) is 5.48. The minimum Gasteiger partial charge on any atom is -0.480 e. The second-order valence-electron chi connectivity index (χ2n) is 9.56. The van der Waals surface area contributed by atoms with Crippen LogP contribution in [-0.4, -0.2) is 46.6 Å². The lowest BCUT2D eigenvalue weighted by atomic mass is 10.0. The Hall–Kier alpha value is -3.89. The number of hydrogen-bond donors (Lipinski definition) is 1. The Bertz CT molecular complexity index is 1670. The first-order chi connectivity index (χ1) is 18.5. The van der Waals surface area contributed by atoms with Crippen LogP contribution in [0.4, 0.5) is 16.0 Å². The molecule has 3 aromatic heterocycles. The molecule has 0 aliphatic carbocycles. The second-order valence-corrected chi connectivity index (χ2v) is 10.4. The van der Waals surface area contributed by atoms with Gasteiger partial charge in [0.1, 0.15) is 17.5 Å². The van der Waals surface area contributed by atoms with Crippen LogP contribution in [0.25, 0.3) is 11.3 Å². The number of nitrogens with zero attached hydrogens (tertiary/aromatic N) is 5. The Balaban J connectivity index is 1.80. The molecule has 0 spiro atoms. The molecule has 9 nitrogen and oxygen atoms in total. The predicted molar refractivity (Wildman–Crippen MR) is 149 cm³/mol. The maximum absolute atomic E-state index is 14.7. The van der Waals surface area contributed by atoms with Crippen LogP contribution >= 0.6 is 23.2 Å². The molecule has 5 rings (SSSR count). The first kappa shape index (κ1) is 26.7. The number of H-pyrrole nitrogens is 1. The summed E-state index contributed by atoms with van der Waals surface area (Å²) in [6.45, 7) is 3.92. The van der Waals surface area contributed by atoms with Crippen molar-refractivity contribution in [3.8, 4) is 17.1 Å².